The Morgan fingerprint density at radius 2 is 1.93 bits per heavy atom. The van der Waals surface area contributed by atoms with Crippen LogP contribution in [0, 0.1) is 5.92 Å². The Balaban J connectivity index is 1.53. The number of carbonyl (C=O) groups excluding carboxylic acids is 3. The molecule has 1 heterocycles. The minimum absolute atomic E-state index is 0.0515. The molecule has 5 nitrogen and oxygen atoms in total. The number of anilines is 1. The number of esters is 1. The van der Waals surface area contributed by atoms with Crippen LogP contribution in [0.4, 0.5) is 5.69 Å². The minimum Gasteiger partial charge on any atom is -0.453 e. The molecule has 29 heavy (non-hydrogen) atoms. The molecule has 1 aliphatic carbocycles. The Morgan fingerprint density at radius 1 is 1.17 bits per heavy atom. The van der Waals surface area contributed by atoms with Crippen molar-refractivity contribution in [2.45, 2.75) is 52.4 Å². The second-order valence-electron chi connectivity index (χ2n) is 7.45. The van der Waals surface area contributed by atoms with Crippen molar-refractivity contribution < 1.29 is 19.1 Å². The fourth-order valence-electron chi connectivity index (χ4n) is 3.52. The normalized spacial score (nSPS) is 15.4. The predicted octanol–water partition coefficient (Wildman–Crippen LogP) is 5.04. The van der Waals surface area contributed by atoms with E-state index in [9.17, 15) is 14.4 Å². The number of carbonyl (C=O) groups is 3. The lowest BCUT2D eigenvalue weighted by Crippen LogP contribution is -2.14. The van der Waals surface area contributed by atoms with E-state index in [1.54, 1.807) is 24.3 Å². The van der Waals surface area contributed by atoms with Crippen LogP contribution in [0.2, 0.25) is 0 Å². The van der Waals surface area contributed by atoms with Gasteiger partial charge in [0, 0.05) is 22.5 Å². The maximum Gasteiger partial charge on any atom is 0.348 e. The summed E-state index contributed by atoms with van der Waals surface area (Å²) in [6.07, 6.45) is 5.61. The van der Waals surface area contributed by atoms with Crippen LogP contribution in [-0.4, -0.2) is 24.3 Å². The summed E-state index contributed by atoms with van der Waals surface area (Å²) in [4.78, 5) is 38.2. The van der Waals surface area contributed by atoms with Crippen LogP contribution in [0.25, 0.3) is 0 Å². The monoisotopic (exact) mass is 413 g/mol. The number of rotatable bonds is 8. The molecule has 0 saturated heterocycles. The Morgan fingerprint density at radius 3 is 2.62 bits per heavy atom. The van der Waals surface area contributed by atoms with E-state index in [0.717, 1.165) is 25.7 Å². The molecule has 1 amide bonds. The number of amides is 1. The zero-order valence-electron chi connectivity index (χ0n) is 17.0. The molecule has 6 heteroatoms. The lowest BCUT2D eigenvalue weighted by molar-refractivity contribution is -0.116. The molecule has 0 fully saturated rings. The maximum atomic E-state index is 12.4. The zero-order chi connectivity index (χ0) is 20.8. The molecule has 1 N–H and O–H groups in total. The second-order valence-corrected chi connectivity index (χ2v) is 8.59. The van der Waals surface area contributed by atoms with E-state index >= 15 is 0 Å². The second kappa shape index (κ2) is 9.83. The van der Waals surface area contributed by atoms with Gasteiger partial charge in [0.15, 0.2) is 12.4 Å². The molecule has 3 rings (SSSR count). The van der Waals surface area contributed by atoms with Crippen molar-refractivity contribution in [1.29, 1.82) is 0 Å². The number of fused-ring (bicyclic) bond motifs is 1. The van der Waals surface area contributed by atoms with Crippen LogP contribution in [-0.2, 0) is 22.4 Å². The Kier molecular flexibility index (Phi) is 7.20. The van der Waals surface area contributed by atoms with Crippen molar-refractivity contribution in [2.24, 2.45) is 5.92 Å². The first-order chi connectivity index (χ1) is 14.0. The maximum absolute atomic E-state index is 12.4. The molecule has 1 unspecified atom stereocenters. The molecular weight excluding hydrogens is 386 g/mol. The van der Waals surface area contributed by atoms with E-state index in [1.807, 2.05) is 13.0 Å². The molecular formula is C23H27NO4S. The first-order valence-corrected chi connectivity index (χ1v) is 11.0. The van der Waals surface area contributed by atoms with Gasteiger partial charge in [-0.3, -0.25) is 9.59 Å². The number of benzene rings is 1. The molecule has 0 radical (unpaired) electrons. The highest BCUT2D eigenvalue weighted by Gasteiger charge is 2.23. The van der Waals surface area contributed by atoms with E-state index in [1.165, 1.54) is 28.2 Å². The highest BCUT2D eigenvalue weighted by molar-refractivity contribution is 7.14. The van der Waals surface area contributed by atoms with Gasteiger partial charge in [-0.2, -0.15) is 0 Å². The number of thiophene rings is 1. The summed E-state index contributed by atoms with van der Waals surface area (Å²) in [7, 11) is 0. The van der Waals surface area contributed by atoms with Crippen LogP contribution in [0.5, 0.6) is 0 Å². The quantitative estimate of drug-likeness (QED) is 0.486. The average molecular weight is 414 g/mol. The van der Waals surface area contributed by atoms with Crippen molar-refractivity contribution in [3.63, 3.8) is 0 Å². The third-order valence-corrected chi connectivity index (χ3v) is 6.48. The van der Waals surface area contributed by atoms with Crippen molar-refractivity contribution in [2.75, 3.05) is 11.9 Å². The van der Waals surface area contributed by atoms with Gasteiger partial charge in [0.1, 0.15) is 4.88 Å². The number of nitrogens with one attached hydrogen (secondary N) is 1. The summed E-state index contributed by atoms with van der Waals surface area (Å²) < 4.78 is 5.25. The zero-order valence-corrected chi connectivity index (χ0v) is 17.8. The van der Waals surface area contributed by atoms with Crippen molar-refractivity contribution >= 4 is 34.7 Å². The molecule has 154 valence electrons. The summed E-state index contributed by atoms with van der Waals surface area (Å²) in [5, 5.41) is 2.78. The first kappa shape index (κ1) is 21.2. The molecule has 1 atom stereocenters. The molecule has 2 aromatic rings. The van der Waals surface area contributed by atoms with E-state index in [2.05, 4.69) is 12.2 Å². The summed E-state index contributed by atoms with van der Waals surface area (Å²) in [6.45, 7) is 3.85. The topological polar surface area (TPSA) is 72.5 Å². The molecule has 1 aliphatic rings. The molecule has 1 aromatic heterocycles. The van der Waals surface area contributed by atoms with Gasteiger partial charge in [0.05, 0.1) is 0 Å². The Bertz CT molecular complexity index is 885. The Hall–Kier alpha value is -2.47. The van der Waals surface area contributed by atoms with Gasteiger partial charge in [-0.05, 0) is 67.5 Å². The van der Waals surface area contributed by atoms with Gasteiger partial charge in [0.2, 0.25) is 5.91 Å². The average Bonchev–Trinajstić information content (AvgIpc) is 3.15. The van der Waals surface area contributed by atoms with Crippen molar-refractivity contribution in [1.82, 2.24) is 0 Å². The predicted molar refractivity (Wildman–Crippen MR) is 115 cm³/mol. The van der Waals surface area contributed by atoms with E-state index < -0.39 is 5.97 Å². The van der Waals surface area contributed by atoms with Crippen molar-refractivity contribution in [3.8, 4) is 0 Å². The molecule has 1 aromatic carbocycles. The van der Waals surface area contributed by atoms with E-state index in [0.29, 0.717) is 28.5 Å². The van der Waals surface area contributed by atoms with Crippen LogP contribution in [0.1, 0.15) is 70.0 Å². The number of hydrogen-bond acceptors (Lipinski definition) is 5. The fraction of sp³-hybridized carbons (Fsp3) is 0.435. The minimum atomic E-state index is -0.436. The summed E-state index contributed by atoms with van der Waals surface area (Å²) in [5.74, 6) is -0.0620. The van der Waals surface area contributed by atoms with Gasteiger partial charge in [0.25, 0.3) is 0 Å². The van der Waals surface area contributed by atoms with Crippen molar-refractivity contribution in [3.05, 3.63) is 51.2 Å². The number of Topliss-reactive ketones (excluding diaryl/α,β-unsaturated/α-hetero) is 1. The largest absolute Gasteiger partial charge is 0.453 e. The molecule has 0 bridgehead atoms. The number of hydrogen-bond donors (Lipinski definition) is 1. The third kappa shape index (κ3) is 5.54. The van der Waals surface area contributed by atoms with Gasteiger partial charge in [-0.15, -0.1) is 11.3 Å². The van der Waals surface area contributed by atoms with Gasteiger partial charge >= 0.3 is 5.97 Å². The van der Waals surface area contributed by atoms with Gasteiger partial charge in [-0.1, -0.05) is 20.3 Å². The van der Waals surface area contributed by atoms with Crippen LogP contribution < -0.4 is 5.32 Å². The van der Waals surface area contributed by atoms with Crippen LogP contribution >= 0.6 is 11.3 Å². The van der Waals surface area contributed by atoms with E-state index in [4.69, 9.17) is 4.74 Å². The lowest BCUT2D eigenvalue weighted by atomic mass is 9.87. The molecule has 0 spiro atoms. The third-order valence-electron chi connectivity index (χ3n) is 5.27. The summed E-state index contributed by atoms with van der Waals surface area (Å²) >= 11 is 1.49. The fourth-order valence-corrected chi connectivity index (χ4v) is 4.63. The van der Waals surface area contributed by atoms with Crippen LogP contribution in [0.15, 0.2) is 30.3 Å². The summed E-state index contributed by atoms with van der Waals surface area (Å²) in [6, 6.07) is 8.56. The number of ketones is 1. The molecule has 0 saturated carbocycles. The number of ether oxygens (including phenoxy) is 1. The molecule has 0 aliphatic heterocycles. The van der Waals surface area contributed by atoms with E-state index in [-0.39, 0.29) is 18.3 Å². The first-order valence-electron chi connectivity index (χ1n) is 10.2. The van der Waals surface area contributed by atoms with Gasteiger partial charge < -0.3 is 10.1 Å². The summed E-state index contributed by atoms with van der Waals surface area (Å²) in [5.41, 5.74) is 2.35. The smallest absolute Gasteiger partial charge is 0.348 e. The lowest BCUT2D eigenvalue weighted by Gasteiger charge is -2.19. The van der Waals surface area contributed by atoms with Crippen LogP contribution in [0.3, 0.4) is 0 Å². The Labute approximate surface area is 175 Å². The number of aryl methyl sites for hydroxylation is 1. The SMILES string of the molecule is CCCC(=O)Nc1ccc(C(=O)COC(=O)c2cc3c(s2)CCC(CC)C3)cc1. The van der Waals surface area contributed by atoms with Gasteiger partial charge in [-0.25, -0.2) is 4.79 Å². The standard InChI is InChI=1S/C23H27NO4S/c1-3-5-22(26)24-18-9-7-16(8-10-18)19(25)14-28-23(27)21-13-17-12-15(4-2)6-11-20(17)29-21/h7-10,13,15H,3-6,11-12,14H2,1-2H3,(H,24,26). The highest BCUT2D eigenvalue weighted by atomic mass is 32.1. The highest BCUT2D eigenvalue weighted by Crippen LogP contribution is 2.33.